The Labute approximate surface area is 106 Å². The molecule has 3 saturated carbocycles. The van der Waals surface area contributed by atoms with Gasteiger partial charge >= 0.3 is 0 Å². The fourth-order valence-electron chi connectivity index (χ4n) is 4.38. The molecule has 3 fully saturated rings. The van der Waals surface area contributed by atoms with Gasteiger partial charge in [0.2, 0.25) is 5.91 Å². The number of carbonyl (C=O) groups is 1. The van der Waals surface area contributed by atoms with Crippen LogP contribution >= 0.6 is 15.9 Å². The molecule has 3 aliphatic rings. The summed E-state index contributed by atoms with van der Waals surface area (Å²) in [6, 6.07) is 0. The van der Waals surface area contributed by atoms with Crippen molar-refractivity contribution in [1.29, 1.82) is 0 Å². The van der Waals surface area contributed by atoms with Gasteiger partial charge in [0, 0.05) is 24.3 Å². The molecule has 3 heteroatoms. The van der Waals surface area contributed by atoms with E-state index in [1.807, 2.05) is 11.9 Å². The summed E-state index contributed by atoms with van der Waals surface area (Å²) in [5.41, 5.74) is 0. The van der Waals surface area contributed by atoms with E-state index in [0.717, 1.165) is 30.2 Å². The van der Waals surface area contributed by atoms with Crippen molar-refractivity contribution in [2.45, 2.75) is 31.0 Å². The van der Waals surface area contributed by atoms with Crippen LogP contribution in [0.15, 0.2) is 0 Å². The zero-order valence-electron chi connectivity index (χ0n) is 10.0. The molecule has 90 valence electrons. The van der Waals surface area contributed by atoms with E-state index in [2.05, 4.69) is 22.9 Å². The van der Waals surface area contributed by atoms with Crippen LogP contribution in [0.3, 0.4) is 0 Å². The Balaban J connectivity index is 1.62. The zero-order chi connectivity index (χ0) is 11.4. The van der Waals surface area contributed by atoms with Crippen LogP contribution in [-0.2, 0) is 4.79 Å². The summed E-state index contributed by atoms with van der Waals surface area (Å²) in [7, 11) is 1.95. The Morgan fingerprint density at radius 3 is 2.44 bits per heavy atom. The minimum absolute atomic E-state index is 0.400. The molecule has 0 aromatic rings. The number of hydrogen-bond donors (Lipinski definition) is 0. The molecule has 0 heterocycles. The summed E-state index contributed by atoms with van der Waals surface area (Å²) in [5.74, 6) is 4.18. The lowest BCUT2D eigenvalue weighted by molar-refractivity contribution is -0.132. The Hall–Kier alpha value is -0.0500. The average molecular weight is 286 g/mol. The molecule has 5 unspecified atom stereocenters. The number of carbonyl (C=O) groups excluding carboxylic acids is 1. The molecule has 0 spiro atoms. The number of rotatable bonds is 3. The first-order valence-corrected chi connectivity index (χ1v) is 7.40. The normalized spacial score (nSPS) is 45.3. The van der Waals surface area contributed by atoms with Gasteiger partial charge in [-0.15, -0.1) is 0 Å². The van der Waals surface area contributed by atoms with Crippen molar-refractivity contribution < 1.29 is 4.79 Å². The summed E-state index contributed by atoms with van der Waals surface area (Å²) >= 11 is 3.52. The molecule has 0 N–H and O–H groups in total. The van der Waals surface area contributed by atoms with Gasteiger partial charge in [-0.3, -0.25) is 4.79 Å². The predicted molar refractivity (Wildman–Crippen MR) is 67.3 cm³/mol. The van der Waals surface area contributed by atoms with Gasteiger partial charge in [-0.2, -0.15) is 0 Å². The topological polar surface area (TPSA) is 20.3 Å². The highest BCUT2D eigenvalue weighted by Crippen LogP contribution is 2.69. The largest absolute Gasteiger partial charge is 0.344 e. The lowest BCUT2D eigenvalue weighted by Gasteiger charge is -2.20. The molecule has 0 saturated heterocycles. The van der Waals surface area contributed by atoms with Crippen LogP contribution in [0, 0.1) is 29.6 Å². The number of nitrogens with zero attached hydrogens (tertiary/aromatic N) is 1. The van der Waals surface area contributed by atoms with E-state index in [0.29, 0.717) is 16.7 Å². The van der Waals surface area contributed by atoms with E-state index in [1.54, 1.807) is 0 Å². The molecule has 0 aliphatic heterocycles. The van der Waals surface area contributed by atoms with Gasteiger partial charge in [-0.05, 0) is 42.9 Å². The van der Waals surface area contributed by atoms with Crippen molar-refractivity contribution in [3.63, 3.8) is 0 Å². The second kappa shape index (κ2) is 3.72. The van der Waals surface area contributed by atoms with Crippen LogP contribution in [0.4, 0.5) is 0 Å². The molecule has 0 radical (unpaired) electrons. The number of halogens is 1. The van der Waals surface area contributed by atoms with Gasteiger partial charge < -0.3 is 4.90 Å². The van der Waals surface area contributed by atoms with Gasteiger partial charge in [0.1, 0.15) is 0 Å². The molecular weight excluding hydrogens is 266 g/mol. The van der Waals surface area contributed by atoms with Crippen molar-refractivity contribution in [2.75, 3.05) is 13.6 Å². The molecule has 3 aliphatic carbocycles. The van der Waals surface area contributed by atoms with Crippen molar-refractivity contribution in [1.82, 2.24) is 4.90 Å². The maximum Gasteiger partial charge on any atom is 0.226 e. The summed E-state index contributed by atoms with van der Waals surface area (Å²) in [4.78, 5) is 14.6. The Bertz CT molecular complexity index is 301. The van der Waals surface area contributed by atoms with Gasteiger partial charge in [-0.1, -0.05) is 22.9 Å². The summed E-state index contributed by atoms with van der Waals surface area (Å²) in [6.45, 7) is 2.94. The summed E-state index contributed by atoms with van der Waals surface area (Å²) in [6.07, 6.45) is 4.22. The molecule has 0 aromatic heterocycles. The van der Waals surface area contributed by atoms with Crippen molar-refractivity contribution >= 4 is 21.8 Å². The van der Waals surface area contributed by atoms with Crippen molar-refractivity contribution in [2.24, 2.45) is 29.6 Å². The first-order chi connectivity index (χ1) is 7.59. The number of amides is 1. The van der Waals surface area contributed by atoms with E-state index >= 15 is 0 Å². The minimum atomic E-state index is 0.400. The SMILES string of the molecule is CC(Br)CN(C)C(=O)C1C2C3CCC(C3)C12. The van der Waals surface area contributed by atoms with Crippen molar-refractivity contribution in [3.8, 4) is 0 Å². The molecule has 0 aromatic carbocycles. The first-order valence-electron chi connectivity index (χ1n) is 6.48. The summed E-state index contributed by atoms with van der Waals surface area (Å²) in [5, 5.41) is 0. The maximum absolute atomic E-state index is 12.3. The highest BCUT2D eigenvalue weighted by Gasteiger charge is 2.67. The number of alkyl halides is 1. The molecule has 1 amide bonds. The first kappa shape index (κ1) is 11.1. The fourth-order valence-corrected chi connectivity index (χ4v) is 4.81. The zero-order valence-corrected chi connectivity index (χ0v) is 11.6. The van der Waals surface area contributed by atoms with E-state index in [1.165, 1.54) is 19.3 Å². The second-order valence-corrected chi connectivity index (χ2v) is 7.58. The fraction of sp³-hybridized carbons (Fsp3) is 0.923. The Kier molecular flexibility index (Phi) is 2.58. The quantitative estimate of drug-likeness (QED) is 0.730. The van der Waals surface area contributed by atoms with Gasteiger partial charge in [0.05, 0.1) is 0 Å². The molecule has 3 rings (SSSR count). The van der Waals surface area contributed by atoms with Crippen LogP contribution in [0.1, 0.15) is 26.2 Å². The highest BCUT2D eigenvalue weighted by molar-refractivity contribution is 9.09. The van der Waals surface area contributed by atoms with Crippen LogP contribution in [0.2, 0.25) is 0 Å². The maximum atomic E-state index is 12.3. The average Bonchev–Trinajstić information content (AvgIpc) is 2.64. The van der Waals surface area contributed by atoms with Crippen LogP contribution < -0.4 is 0 Å². The van der Waals surface area contributed by atoms with Crippen LogP contribution in [-0.4, -0.2) is 29.2 Å². The monoisotopic (exact) mass is 285 g/mol. The number of hydrogen-bond acceptors (Lipinski definition) is 1. The van der Waals surface area contributed by atoms with Gasteiger partial charge in [0.15, 0.2) is 0 Å². The minimum Gasteiger partial charge on any atom is -0.344 e. The smallest absolute Gasteiger partial charge is 0.226 e. The lowest BCUT2D eigenvalue weighted by Crippen LogP contribution is -2.33. The van der Waals surface area contributed by atoms with E-state index < -0.39 is 0 Å². The predicted octanol–water partition coefficient (Wildman–Crippen LogP) is 2.52. The van der Waals surface area contributed by atoms with E-state index in [9.17, 15) is 4.79 Å². The van der Waals surface area contributed by atoms with E-state index in [4.69, 9.17) is 0 Å². The van der Waals surface area contributed by atoms with Gasteiger partial charge in [-0.25, -0.2) is 0 Å². The van der Waals surface area contributed by atoms with E-state index in [-0.39, 0.29) is 0 Å². The molecular formula is C13H20BrNO. The number of fused-ring (bicyclic) bond motifs is 5. The standard InChI is InChI=1S/C13H20BrNO/c1-7(14)6-15(2)13(16)12-10-8-3-4-9(5-8)11(10)12/h7-12H,3-6H2,1-2H3. The lowest BCUT2D eigenvalue weighted by atomic mass is 10.0. The molecule has 2 nitrogen and oxygen atoms in total. The van der Waals surface area contributed by atoms with Crippen molar-refractivity contribution in [3.05, 3.63) is 0 Å². The molecule has 5 atom stereocenters. The van der Waals surface area contributed by atoms with Gasteiger partial charge in [0.25, 0.3) is 0 Å². The Morgan fingerprint density at radius 1 is 1.38 bits per heavy atom. The Morgan fingerprint density at radius 2 is 1.94 bits per heavy atom. The second-order valence-electron chi connectivity index (χ2n) is 6.01. The van der Waals surface area contributed by atoms with Crippen LogP contribution in [0.25, 0.3) is 0 Å². The molecule has 2 bridgehead atoms. The highest BCUT2D eigenvalue weighted by atomic mass is 79.9. The molecule has 16 heavy (non-hydrogen) atoms. The summed E-state index contributed by atoms with van der Waals surface area (Å²) < 4.78 is 0. The third kappa shape index (κ3) is 1.54. The van der Waals surface area contributed by atoms with Crippen LogP contribution in [0.5, 0.6) is 0 Å². The third-order valence-corrected chi connectivity index (χ3v) is 5.21. The third-order valence-electron chi connectivity index (χ3n) is 4.92.